The fraction of sp³-hybridized carbons (Fsp3) is 0. The van der Waals surface area contributed by atoms with Crippen molar-refractivity contribution in [3.8, 4) is 10.4 Å². The summed E-state index contributed by atoms with van der Waals surface area (Å²) in [4.78, 5) is 16.2. The average molecular weight is 195 g/mol. The molecule has 2 heterocycles. The molecule has 0 fully saturated rings. The second-order valence-corrected chi connectivity index (χ2v) is 4.05. The van der Waals surface area contributed by atoms with Crippen LogP contribution in [0.15, 0.2) is 23.2 Å². The van der Waals surface area contributed by atoms with Gasteiger partial charge >= 0.3 is 0 Å². The van der Waals surface area contributed by atoms with Gasteiger partial charge in [-0.2, -0.15) is 0 Å². The first-order valence-electron chi connectivity index (χ1n) is 3.33. The van der Waals surface area contributed by atoms with E-state index < -0.39 is 0 Å². The number of aromatic nitrogens is 1. The molecular formula is C8H5NOS2. The van der Waals surface area contributed by atoms with Crippen LogP contribution in [0.4, 0.5) is 0 Å². The van der Waals surface area contributed by atoms with Crippen molar-refractivity contribution in [1.29, 1.82) is 0 Å². The number of carbonyl (C=O) groups is 1. The lowest BCUT2D eigenvalue weighted by Crippen LogP contribution is -1.66. The minimum Gasteiger partial charge on any atom is -0.297 e. The Labute approximate surface area is 77.5 Å². The fourth-order valence-electron chi connectivity index (χ4n) is 0.902. The molecular weight excluding hydrogens is 190 g/mol. The molecule has 0 spiro atoms. The van der Waals surface area contributed by atoms with Gasteiger partial charge in [0.1, 0.15) is 0 Å². The van der Waals surface area contributed by atoms with Crippen LogP contribution in [-0.4, -0.2) is 11.3 Å². The summed E-state index contributed by atoms with van der Waals surface area (Å²) in [5, 5.41) is 1.97. The van der Waals surface area contributed by atoms with E-state index in [1.165, 1.54) is 11.3 Å². The number of nitrogens with zero attached hydrogens (tertiary/aromatic N) is 1. The Bertz CT molecular complexity index is 377. The van der Waals surface area contributed by atoms with Gasteiger partial charge in [-0.1, -0.05) is 0 Å². The summed E-state index contributed by atoms with van der Waals surface area (Å²) in [6.45, 7) is 0. The van der Waals surface area contributed by atoms with Gasteiger partial charge in [0, 0.05) is 17.1 Å². The minimum absolute atomic E-state index is 0.762. The van der Waals surface area contributed by atoms with Crippen molar-refractivity contribution in [3.05, 3.63) is 28.0 Å². The molecule has 0 atom stereocenters. The third-order valence-corrected chi connectivity index (χ3v) is 3.13. The van der Waals surface area contributed by atoms with Gasteiger partial charge in [-0.05, 0) is 6.07 Å². The van der Waals surface area contributed by atoms with E-state index in [1.807, 2.05) is 11.4 Å². The average Bonchev–Trinajstić information content (AvgIpc) is 2.75. The quantitative estimate of drug-likeness (QED) is 0.689. The van der Waals surface area contributed by atoms with Crippen molar-refractivity contribution < 1.29 is 4.79 Å². The zero-order valence-electron chi connectivity index (χ0n) is 6.06. The lowest BCUT2D eigenvalue weighted by molar-refractivity contribution is 0.112. The zero-order chi connectivity index (χ0) is 8.39. The van der Waals surface area contributed by atoms with E-state index in [9.17, 15) is 4.79 Å². The molecule has 2 nitrogen and oxygen atoms in total. The van der Waals surface area contributed by atoms with E-state index in [0.29, 0.717) is 0 Å². The van der Waals surface area contributed by atoms with Crippen LogP contribution in [0.1, 0.15) is 9.67 Å². The number of aldehydes is 1. The highest BCUT2D eigenvalue weighted by molar-refractivity contribution is 7.15. The fourth-order valence-corrected chi connectivity index (χ4v) is 2.30. The third kappa shape index (κ3) is 1.31. The van der Waals surface area contributed by atoms with Crippen LogP contribution in [0.5, 0.6) is 0 Å². The molecule has 0 N–H and O–H groups in total. The molecule has 0 aliphatic rings. The molecule has 12 heavy (non-hydrogen) atoms. The molecule has 0 unspecified atom stereocenters. The number of thiazole rings is 1. The predicted molar refractivity (Wildman–Crippen MR) is 50.8 cm³/mol. The molecule has 2 rings (SSSR count). The SMILES string of the molecule is O=Cc1cc(-c2cncs2)cs1. The molecule has 2 aromatic heterocycles. The van der Waals surface area contributed by atoms with Crippen LogP contribution >= 0.6 is 22.7 Å². The van der Waals surface area contributed by atoms with Gasteiger partial charge in [-0.3, -0.25) is 9.78 Å². The highest BCUT2D eigenvalue weighted by Gasteiger charge is 2.02. The Morgan fingerprint density at radius 1 is 1.42 bits per heavy atom. The van der Waals surface area contributed by atoms with Gasteiger partial charge in [0.25, 0.3) is 0 Å². The molecule has 0 bridgehead atoms. The van der Waals surface area contributed by atoms with Crippen LogP contribution in [-0.2, 0) is 0 Å². The summed E-state index contributed by atoms with van der Waals surface area (Å²) in [5.41, 5.74) is 2.87. The van der Waals surface area contributed by atoms with Gasteiger partial charge in [-0.15, -0.1) is 22.7 Å². The number of thiophene rings is 1. The lowest BCUT2D eigenvalue weighted by Gasteiger charge is -1.84. The van der Waals surface area contributed by atoms with Crippen molar-refractivity contribution in [2.24, 2.45) is 0 Å². The van der Waals surface area contributed by atoms with E-state index in [4.69, 9.17) is 0 Å². The Hall–Kier alpha value is -1.00. The van der Waals surface area contributed by atoms with Gasteiger partial charge in [0.2, 0.25) is 0 Å². The molecule has 0 aliphatic carbocycles. The minimum atomic E-state index is 0.762. The van der Waals surface area contributed by atoms with Crippen molar-refractivity contribution in [2.45, 2.75) is 0 Å². The van der Waals surface area contributed by atoms with Crippen molar-refractivity contribution in [2.75, 3.05) is 0 Å². The van der Waals surface area contributed by atoms with E-state index in [1.54, 1.807) is 23.0 Å². The largest absolute Gasteiger partial charge is 0.297 e. The summed E-state index contributed by atoms with van der Waals surface area (Å²) in [6.07, 6.45) is 2.68. The number of rotatable bonds is 2. The monoisotopic (exact) mass is 195 g/mol. The molecule has 60 valence electrons. The Balaban J connectivity index is 2.41. The van der Waals surface area contributed by atoms with Crippen LogP contribution in [0.3, 0.4) is 0 Å². The van der Waals surface area contributed by atoms with Gasteiger partial charge in [0.15, 0.2) is 6.29 Å². The molecule has 4 heteroatoms. The summed E-state index contributed by atoms with van der Waals surface area (Å²) >= 11 is 3.04. The van der Waals surface area contributed by atoms with Crippen molar-refractivity contribution >= 4 is 29.0 Å². The first-order valence-corrected chi connectivity index (χ1v) is 5.08. The third-order valence-electron chi connectivity index (χ3n) is 1.45. The Morgan fingerprint density at radius 2 is 2.33 bits per heavy atom. The van der Waals surface area contributed by atoms with Crippen molar-refractivity contribution in [1.82, 2.24) is 4.98 Å². The topological polar surface area (TPSA) is 30.0 Å². The Kier molecular flexibility index (Phi) is 2.01. The predicted octanol–water partition coefficient (Wildman–Crippen LogP) is 2.68. The molecule has 0 radical (unpaired) electrons. The molecule has 2 aromatic rings. The maximum absolute atomic E-state index is 10.4. The van der Waals surface area contributed by atoms with Crippen LogP contribution in [0.2, 0.25) is 0 Å². The maximum atomic E-state index is 10.4. The van der Waals surface area contributed by atoms with Crippen LogP contribution in [0.25, 0.3) is 10.4 Å². The number of hydrogen-bond donors (Lipinski definition) is 0. The van der Waals surface area contributed by atoms with Crippen LogP contribution in [0, 0.1) is 0 Å². The summed E-state index contributed by atoms with van der Waals surface area (Å²) < 4.78 is 0. The highest BCUT2D eigenvalue weighted by atomic mass is 32.1. The molecule has 0 saturated carbocycles. The first kappa shape index (κ1) is 7.64. The van der Waals surface area contributed by atoms with Crippen molar-refractivity contribution in [3.63, 3.8) is 0 Å². The van der Waals surface area contributed by atoms with Crippen LogP contribution < -0.4 is 0 Å². The van der Waals surface area contributed by atoms with E-state index in [0.717, 1.165) is 21.6 Å². The standard InChI is InChI=1S/C8H5NOS2/c10-3-7-1-6(4-11-7)8-2-9-5-12-8/h1-5H. The highest BCUT2D eigenvalue weighted by Crippen LogP contribution is 2.27. The lowest BCUT2D eigenvalue weighted by atomic mass is 10.3. The van der Waals surface area contributed by atoms with Gasteiger partial charge < -0.3 is 0 Å². The summed E-state index contributed by atoms with van der Waals surface area (Å²) in [7, 11) is 0. The zero-order valence-corrected chi connectivity index (χ0v) is 7.69. The van der Waals surface area contributed by atoms with Gasteiger partial charge in [0.05, 0.1) is 15.3 Å². The second-order valence-electron chi connectivity index (χ2n) is 2.22. The molecule has 0 aliphatic heterocycles. The molecule has 0 aromatic carbocycles. The smallest absolute Gasteiger partial charge is 0.160 e. The summed E-state index contributed by atoms with van der Waals surface area (Å²) in [5.74, 6) is 0. The van der Waals surface area contributed by atoms with E-state index >= 15 is 0 Å². The molecule has 0 saturated heterocycles. The van der Waals surface area contributed by atoms with E-state index in [-0.39, 0.29) is 0 Å². The van der Waals surface area contributed by atoms with Gasteiger partial charge in [-0.25, -0.2) is 0 Å². The normalized spacial score (nSPS) is 10.0. The summed E-state index contributed by atoms with van der Waals surface area (Å²) in [6, 6.07) is 1.88. The second kappa shape index (κ2) is 3.16. The van der Waals surface area contributed by atoms with E-state index in [2.05, 4.69) is 4.98 Å². The first-order chi connectivity index (χ1) is 5.90. The maximum Gasteiger partial charge on any atom is 0.160 e. The number of hydrogen-bond acceptors (Lipinski definition) is 4. The number of carbonyl (C=O) groups excluding carboxylic acids is 1. The Morgan fingerprint density at radius 3 is 2.92 bits per heavy atom. The molecule has 0 amide bonds.